The number of hydrogen-bond donors (Lipinski definition) is 2. The van der Waals surface area contributed by atoms with Crippen molar-refractivity contribution in [1.29, 1.82) is 0 Å². The van der Waals surface area contributed by atoms with Crippen molar-refractivity contribution < 1.29 is 14.4 Å². The smallest absolute Gasteiger partial charge is 0.258 e. The summed E-state index contributed by atoms with van der Waals surface area (Å²) in [5, 5.41) is 17.1. The van der Waals surface area contributed by atoms with Gasteiger partial charge in [0, 0.05) is 12.2 Å². The van der Waals surface area contributed by atoms with Crippen LogP contribution < -0.4 is 5.32 Å². The number of amides is 1. The molecule has 1 atom stereocenters. The Hall–Kier alpha value is -1.95. The van der Waals surface area contributed by atoms with Gasteiger partial charge in [0.2, 0.25) is 0 Å². The SMILES string of the molecule is Cc1cc(C(=O)NCC(O)C2CC2)c2c(C)noc2n1. The molecule has 3 rings (SSSR count). The van der Waals surface area contributed by atoms with Gasteiger partial charge >= 0.3 is 0 Å². The number of pyridine rings is 1. The van der Waals surface area contributed by atoms with Crippen LogP contribution in [0.3, 0.4) is 0 Å². The monoisotopic (exact) mass is 275 g/mol. The van der Waals surface area contributed by atoms with E-state index in [-0.39, 0.29) is 12.5 Å². The number of aromatic nitrogens is 2. The highest BCUT2D eigenvalue weighted by atomic mass is 16.5. The molecule has 1 saturated carbocycles. The van der Waals surface area contributed by atoms with Crippen LogP contribution >= 0.6 is 0 Å². The topological polar surface area (TPSA) is 88.2 Å². The van der Waals surface area contributed by atoms with Crippen LogP contribution in [0.25, 0.3) is 11.1 Å². The van der Waals surface area contributed by atoms with Crippen molar-refractivity contribution in [3.63, 3.8) is 0 Å². The van der Waals surface area contributed by atoms with Crippen LogP contribution in [0.15, 0.2) is 10.6 Å². The molecule has 1 amide bonds. The molecule has 6 nitrogen and oxygen atoms in total. The van der Waals surface area contributed by atoms with E-state index in [1.807, 2.05) is 0 Å². The van der Waals surface area contributed by atoms with E-state index in [2.05, 4.69) is 15.5 Å². The van der Waals surface area contributed by atoms with Crippen molar-refractivity contribution in [2.45, 2.75) is 32.8 Å². The zero-order valence-corrected chi connectivity index (χ0v) is 11.5. The number of carbonyl (C=O) groups excluding carboxylic acids is 1. The van der Waals surface area contributed by atoms with Gasteiger partial charge in [-0.1, -0.05) is 5.16 Å². The molecule has 1 unspecified atom stereocenters. The van der Waals surface area contributed by atoms with E-state index in [0.717, 1.165) is 12.8 Å². The summed E-state index contributed by atoms with van der Waals surface area (Å²) >= 11 is 0. The summed E-state index contributed by atoms with van der Waals surface area (Å²) in [6.07, 6.45) is 1.63. The largest absolute Gasteiger partial charge is 0.391 e. The predicted molar refractivity (Wildman–Crippen MR) is 72.3 cm³/mol. The Labute approximate surface area is 116 Å². The maximum Gasteiger partial charge on any atom is 0.258 e. The third kappa shape index (κ3) is 2.38. The Bertz CT molecular complexity index is 661. The van der Waals surface area contributed by atoms with Gasteiger partial charge < -0.3 is 14.9 Å². The normalized spacial score (nSPS) is 16.4. The lowest BCUT2D eigenvalue weighted by atomic mass is 10.1. The van der Waals surface area contributed by atoms with Crippen molar-refractivity contribution in [3.05, 3.63) is 23.0 Å². The molecule has 0 bridgehead atoms. The summed E-state index contributed by atoms with van der Waals surface area (Å²) in [5.74, 6) is 0.110. The molecule has 6 heteroatoms. The minimum atomic E-state index is -0.457. The van der Waals surface area contributed by atoms with Gasteiger partial charge in [-0.05, 0) is 38.7 Å². The van der Waals surface area contributed by atoms with E-state index in [4.69, 9.17) is 4.52 Å². The number of nitrogens with zero attached hydrogens (tertiary/aromatic N) is 2. The van der Waals surface area contributed by atoms with Crippen LogP contribution in [0.2, 0.25) is 0 Å². The van der Waals surface area contributed by atoms with Crippen molar-refractivity contribution in [1.82, 2.24) is 15.5 Å². The van der Waals surface area contributed by atoms with E-state index in [0.29, 0.717) is 34.0 Å². The fourth-order valence-corrected chi connectivity index (χ4v) is 2.34. The van der Waals surface area contributed by atoms with Crippen molar-refractivity contribution in [2.24, 2.45) is 5.92 Å². The molecule has 2 aromatic rings. The third-order valence-corrected chi connectivity index (χ3v) is 3.63. The van der Waals surface area contributed by atoms with Gasteiger partial charge in [-0.15, -0.1) is 0 Å². The molecule has 106 valence electrons. The fourth-order valence-electron chi connectivity index (χ4n) is 2.34. The molecule has 1 aliphatic rings. The molecule has 20 heavy (non-hydrogen) atoms. The second kappa shape index (κ2) is 4.86. The van der Waals surface area contributed by atoms with E-state index >= 15 is 0 Å². The van der Waals surface area contributed by atoms with Gasteiger partial charge in [0.05, 0.1) is 22.7 Å². The van der Waals surface area contributed by atoms with Gasteiger partial charge in [0.25, 0.3) is 11.6 Å². The molecule has 0 spiro atoms. The van der Waals surface area contributed by atoms with E-state index in [9.17, 15) is 9.90 Å². The second-order valence-corrected chi connectivity index (χ2v) is 5.37. The van der Waals surface area contributed by atoms with Gasteiger partial charge in [-0.25, -0.2) is 4.98 Å². The quantitative estimate of drug-likeness (QED) is 0.879. The molecule has 2 heterocycles. The highest BCUT2D eigenvalue weighted by molar-refractivity contribution is 6.06. The van der Waals surface area contributed by atoms with E-state index in [1.165, 1.54) is 0 Å². The lowest BCUT2D eigenvalue weighted by Gasteiger charge is -2.11. The van der Waals surface area contributed by atoms with Crippen LogP contribution in [0, 0.1) is 19.8 Å². The summed E-state index contributed by atoms with van der Waals surface area (Å²) in [5.41, 5.74) is 2.20. The Morgan fingerprint density at radius 3 is 3.00 bits per heavy atom. The lowest BCUT2D eigenvalue weighted by Crippen LogP contribution is -2.33. The zero-order valence-electron chi connectivity index (χ0n) is 11.5. The van der Waals surface area contributed by atoms with Crippen LogP contribution in [0.1, 0.15) is 34.6 Å². The first-order valence-corrected chi connectivity index (χ1v) is 6.76. The summed E-state index contributed by atoms with van der Waals surface area (Å²) in [6.45, 7) is 3.85. The number of fused-ring (bicyclic) bond motifs is 1. The minimum absolute atomic E-state index is 0.230. The first kappa shape index (κ1) is 13.1. The number of carbonyl (C=O) groups is 1. The van der Waals surface area contributed by atoms with E-state index < -0.39 is 6.10 Å². The lowest BCUT2D eigenvalue weighted by molar-refractivity contribution is 0.0902. The van der Waals surface area contributed by atoms with Gasteiger partial charge in [0.1, 0.15) is 0 Å². The summed E-state index contributed by atoms with van der Waals surface area (Å²) < 4.78 is 5.10. The van der Waals surface area contributed by atoms with Crippen LogP contribution in [0.4, 0.5) is 0 Å². The Morgan fingerprint density at radius 1 is 1.55 bits per heavy atom. The number of hydrogen-bond acceptors (Lipinski definition) is 5. The minimum Gasteiger partial charge on any atom is -0.391 e. The fraction of sp³-hybridized carbons (Fsp3) is 0.500. The molecule has 0 aromatic carbocycles. The number of aliphatic hydroxyl groups is 1. The summed E-state index contributed by atoms with van der Waals surface area (Å²) in [7, 11) is 0. The third-order valence-electron chi connectivity index (χ3n) is 3.63. The second-order valence-electron chi connectivity index (χ2n) is 5.37. The van der Waals surface area contributed by atoms with Gasteiger partial charge in [0.15, 0.2) is 0 Å². The van der Waals surface area contributed by atoms with Gasteiger partial charge in [-0.3, -0.25) is 4.79 Å². The highest BCUT2D eigenvalue weighted by Crippen LogP contribution is 2.32. The van der Waals surface area contributed by atoms with Crippen molar-refractivity contribution in [3.8, 4) is 0 Å². The Morgan fingerprint density at radius 2 is 2.30 bits per heavy atom. The van der Waals surface area contributed by atoms with Crippen LogP contribution in [-0.2, 0) is 0 Å². The van der Waals surface area contributed by atoms with Crippen LogP contribution in [0.5, 0.6) is 0 Å². The molecule has 1 fully saturated rings. The summed E-state index contributed by atoms with van der Waals surface area (Å²) in [4.78, 5) is 16.5. The van der Waals surface area contributed by atoms with E-state index in [1.54, 1.807) is 19.9 Å². The number of aliphatic hydroxyl groups excluding tert-OH is 1. The number of rotatable bonds is 4. The van der Waals surface area contributed by atoms with Crippen LogP contribution in [-0.4, -0.2) is 33.8 Å². The van der Waals surface area contributed by atoms with Gasteiger partial charge in [-0.2, -0.15) is 0 Å². The molecular formula is C14H17N3O3. The summed E-state index contributed by atoms with van der Waals surface area (Å²) in [6, 6.07) is 1.71. The van der Waals surface area contributed by atoms with Crippen molar-refractivity contribution in [2.75, 3.05) is 6.54 Å². The number of nitrogens with one attached hydrogen (secondary N) is 1. The van der Waals surface area contributed by atoms with Crippen molar-refractivity contribution >= 4 is 17.0 Å². The highest BCUT2D eigenvalue weighted by Gasteiger charge is 2.30. The molecule has 2 aromatic heterocycles. The maximum absolute atomic E-state index is 12.3. The molecular weight excluding hydrogens is 258 g/mol. The molecule has 0 radical (unpaired) electrons. The number of aryl methyl sites for hydroxylation is 2. The average Bonchev–Trinajstić information content (AvgIpc) is 3.20. The molecule has 1 aliphatic carbocycles. The Balaban J connectivity index is 1.84. The average molecular weight is 275 g/mol. The zero-order chi connectivity index (χ0) is 14.3. The predicted octanol–water partition coefficient (Wildman–Crippen LogP) is 1.34. The molecule has 2 N–H and O–H groups in total. The standard InChI is InChI=1S/C14H17N3O3/c1-7-5-10(12-8(2)17-20-14(12)16-7)13(19)15-6-11(18)9-3-4-9/h5,9,11,18H,3-4,6H2,1-2H3,(H,15,19). The molecule has 0 aliphatic heterocycles. The first-order chi connectivity index (χ1) is 9.56. The first-order valence-electron chi connectivity index (χ1n) is 6.76. The Kier molecular flexibility index (Phi) is 3.17. The molecule has 0 saturated heterocycles. The maximum atomic E-state index is 12.3.